The molecule has 0 saturated heterocycles. The molecule has 0 radical (unpaired) electrons. The number of carbonyl (C=O) groups excluding carboxylic acids is 1. The number of anilines is 1. The Bertz CT molecular complexity index is 522. The minimum atomic E-state index is -0.970. The Morgan fingerprint density at radius 2 is 2.09 bits per heavy atom. The van der Waals surface area contributed by atoms with Crippen molar-refractivity contribution >= 4 is 22.4 Å². The zero-order chi connectivity index (χ0) is 16.8. The number of benzene rings is 1. The van der Waals surface area contributed by atoms with Gasteiger partial charge in [-0.2, -0.15) is 0 Å². The first-order valence-electron chi connectivity index (χ1n) is 7.26. The normalized spacial score (nSPS) is 14.4. The molecule has 1 aromatic carbocycles. The average molecular weight is 326 g/mol. The molecule has 0 saturated carbocycles. The van der Waals surface area contributed by atoms with Gasteiger partial charge in [0, 0.05) is 40.6 Å². The fourth-order valence-corrected chi connectivity index (χ4v) is 2.70. The zero-order valence-corrected chi connectivity index (χ0v) is 14.5. The Morgan fingerprint density at radius 3 is 2.64 bits per heavy atom. The lowest BCUT2D eigenvalue weighted by molar-refractivity contribution is -0.118. The zero-order valence-electron chi connectivity index (χ0n) is 13.7. The highest BCUT2D eigenvalue weighted by molar-refractivity contribution is 7.85. The van der Waals surface area contributed by atoms with Crippen molar-refractivity contribution in [2.45, 2.75) is 43.8 Å². The maximum Gasteiger partial charge on any atom is 0.227 e. The van der Waals surface area contributed by atoms with Gasteiger partial charge >= 0.3 is 0 Å². The molecule has 0 fully saturated rings. The molecule has 2 unspecified atom stereocenters. The van der Waals surface area contributed by atoms with Gasteiger partial charge in [-0.3, -0.25) is 9.00 Å². The average Bonchev–Trinajstić information content (AvgIpc) is 2.44. The molecule has 0 aromatic heterocycles. The van der Waals surface area contributed by atoms with Crippen LogP contribution in [0.5, 0.6) is 0 Å². The first-order valence-corrected chi connectivity index (χ1v) is 8.58. The van der Waals surface area contributed by atoms with Crippen LogP contribution in [0, 0.1) is 0 Å². The second kappa shape index (κ2) is 8.41. The van der Waals surface area contributed by atoms with Crippen molar-refractivity contribution in [3.05, 3.63) is 29.8 Å². The molecule has 2 atom stereocenters. The molecule has 22 heavy (non-hydrogen) atoms. The highest BCUT2D eigenvalue weighted by Gasteiger charge is 2.19. The van der Waals surface area contributed by atoms with Crippen molar-refractivity contribution in [3.8, 4) is 0 Å². The van der Waals surface area contributed by atoms with Gasteiger partial charge in [0.05, 0.1) is 12.5 Å². The maximum absolute atomic E-state index is 12.2. The SMILES string of the molecule is COC(CN)CC(=O)Nc1cccc(CS(=O)C(C)(C)C)c1. The van der Waals surface area contributed by atoms with E-state index in [-0.39, 0.29) is 23.2 Å². The van der Waals surface area contributed by atoms with E-state index in [0.29, 0.717) is 18.0 Å². The molecule has 1 amide bonds. The minimum absolute atomic E-state index is 0.147. The Morgan fingerprint density at radius 1 is 1.41 bits per heavy atom. The molecule has 0 bridgehead atoms. The first kappa shape index (κ1) is 18.8. The van der Waals surface area contributed by atoms with Crippen molar-refractivity contribution in [1.29, 1.82) is 0 Å². The van der Waals surface area contributed by atoms with Gasteiger partial charge in [0.1, 0.15) is 0 Å². The number of ether oxygens (including phenoxy) is 1. The van der Waals surface area contributed by atoms with E-state index in [1.54, 1.807) is 0 Å². The Hall–Kier alpha value is -1.24. The van der Waals surface area contributed by atoms with Gasteiger partial charge in [-0.25, -0.2) is 0 Å². The highest BCUT2D eigenvalue weighted by Crippen LogP contribution is 2.19. The topological polar surface area (TPSA) is 81.4 Å². The standard InChI is InChI=1S/C16H26N2O3S/c1-16(2,3)22(20)11-12-6-5-7-13(8-12)18-15(19)9-14(10-17)21-4/h5-8,14H,9-11,17H2,1-4H3,(H,18,19). The Labute approximate surface area is 135 Å². The van der Waals surface area contributed by atoms with Crippen LogP contribution >= 0.6 is 0 Å². The van der Waals surface area contributed by atoms with E-state index >= 15 is 0 Å². The summed E-state index contributed by atoms with van der Waals surface area (Å²) >= 11 is 0. The van der Waals surface area contributed by atoms with E-state index in [1.165, 1.54) is 7.11 Å². The molecule has 0 aliphatic rings. The number of nitrogens with one attached hydrogen (secondary N) is 1. The van der Waals surface area contributed by atoms with Crippen LogP contribution in [0.4, 0.5) is 5.69 Å². The molecule has 1 aromatic rings. The Balaban J connectivity index is 2.68. The first-order chi connectivity index (χ1) is 10.3. The van der Waals surface area contributed by atoms with Crippen LogP contribution in [0.2, 0.25) is 0 Å². The van der Waals surface area contributed by atoms with Crippen molar-refractivity contribution in [3.63, 3.8) is 0 Å². The van der Waals surface area contributed by atoms with Gasteiger partial charge in [0.25, 0.3) is 0 Å². The van der Waals surface area contributed by atoms with Gasteiger partial charge in [-0.15, -0.1) is 0 Å². The van der Waals surface area contributed by atoms with Crippen molar-refractivity contribution < 1.29 is 13.7 Å². The second-order valence-corrected chi connectivity index (χ2v) is 8.35. The molecule has 0 spiro atoms. The van der Waals surface area contributed by atoms with Crippen LogP contribution in [0.15, 0.2) is 24.3 Å². The summed E-state index contributed by atoms with van der Waals surface area (Å²) in [5.74, 6) is 0.322. The molecule has 0 heterocycles. The van der Waals surface area contributed by atoms with Crippen molar-refractivity contribution in [1.82, 2.24) is 0 Å². The van der Waals surface area contributed by atoms with Crippen LogP contribution in [0.25, 0.3) is 0 Å². The second-order valence-electron chi connectivity index (χ2n) is 6.15. The molecular formula is C16H26N2O3S. The lowest BCUT2D eigenvalue weighted by atomic mass is 10.2. The number of methoxy groups -OCH3 is 1. The summed E-state index contributed by atoms with van der Waals surface area (Å²) in [6, 6.07) is 7.43. The summed E-state index contributed by atoms with van der Waals surface area (Å²) < 4.78 is 17.0. The third kappa shape index (κ3) is 6.25. The maximum atomic E-state index is 12.2. The summed E-state index contributed by atoms with van der Waals surface area (Å²) in [5, 5.41) is 2.82. The van der Waals surface area contributed by atoms with Crippen LogP contribution in [-0.2, 0) is 26.1 Å². The van der Waals surface area contributed by atoms with Crippen molar-refractivity contribution in [2.24, 2.45) is 5.73 Å². The summed E-state index contributed by atoms with van der Waals surface area (Å²) in [5.41, 5.74) is 7.14. The van der Waals surface area contributed by atoms with E-state index in [1.807, 2.05) is 45.0 Å². The number of rotatable bonds is 7. The van der Waals surface area contributed by atoms with Crippen LogP contribution < -0.4 is 11.1 Å². The molecule has 0 aliphatic heterocycles. The summed E-state index contributed by atoms with van der Waals surface area (Å²) in [6.07, 6.45) is -0.0675. The molecule has 5 nitrogen and oxygen atoms in total. The lowest BCUT2D eigenvalue weighted by Gasteiger charge is -2.18. The number of hydrogen-bond donors (Lipinski definition) is 2. The van der Waals surface area contributed by atoms with Gasteiger partial charge < -0.3 is 15.8 Å². The van der Waals surface area contributed by atoms with E-state index in [0.717, 1.165) is 5.56 Å². The number of nitrogens with two attached hydrogens (primary N) is 1. The smallest absolute Gasteiger partial charge is 0.227 e. The predicted molar refractivity (Wildman–Crippen MR) is 91.1 cm³/mol. The number of carbonyl (C=O) groups is 1. The molecule has 124 valence electrons. The summed E-state index contributed by atoms with van der Waals surface area (Å²) in [4.78, 5) is 11.9. The molecule has 3 N–H and O–H groups in total. The van der Waals surface area contributed by atoms with Gasteiger partial charge in [-0.05, 0) is 38.5 Å². The highest BCUT2D eigenvalue weighted by atomic mass is 32.2. The van der Waals surface area contributed by atoms with E-state index in [2.05, 4.69) is 5.32 Å². The number of hydrogen-bond acceptors (Lipinski definition) is 4. The quantitative estimate of drug-likeness (QED) is 0.803. The van der Waals surface area contributed by atoms with Crippen LogP contribution in [0.1, 0.15) is 32.8 Å². The van der Waals surface area contributed by atoms with Crippen molar-refractivity contribution in [2.75, 3.05) is 19.0 Å². The summed E-state index contributed by atoms with van der Waals surface area (Å²) in [6.45, 7) is 6.15. The van der Waals surface area contributed by atoms with E-state index < -0.39 is 10.8 Å². The fourth-order valence-electron chi connectivity index (χ4n) is 1.79. The van der Waals surface area contributed by atoms with Gasteiger partial charge in [0.2, 0.25) is 5.91 Å². The summed E-state index contributed by atoms with van der Waals surface area (Å²) in [7, 11) is 0.564. The van der Waals surface area contributed by atoms with Gasteiger partial charge in [-0.1, -0.05) is 12.1 Å². The molecule has 1 rings (SSSR count). The largest absolute Gasteiger partial charge is 0.380 e. The molecular weight excluding hydrogens is 300 g/mol. The van der Waals surface area contributed by atoms with Gasteiger partial charge in [0.15, 0.2) is 0 Å². The third-order valence-corrected chi connectivity index (χ3v) is 5.16. The molecule has 6 heteroatoms. The lowest BCUT2D eigenvalue weighted by Crippen LogP contribution is -2.28. The van der Waals surface area contributed by atoms with E-state index in [4.69, 9.17) is 10.5 Å². The third-order valence-electron chi connectivity index (χ3n) is 3.20. The fraction of sp³-hybridized carbons (Fsp3) is 0.562. The monoisotopic (exact) mass is 326 g/mol. The number of amides is 1. The van der Waals surface area contributed by atoms with Crippen LogP contribution in [0.3, 0.4) is 0 Å². The predicted octanol–water partition coefficient (Wildman–Crippen LogP) is 2.04. The van der Waals surface area contributed by atoms with Crippen LogP contribution in [-0.4, -0.2) is 34.6 Å². The van der Waals surface area contributed by atoms with E-state index in [9.17, 15) is 9.00 Å². The Kier molecular flexibility index (Phi) is 7.19. The molecule has 0 aliphatic carbocycles. The minimum Gasteiger partial charge on any atom is -0.380 e.